The van der Waals surface area contributed by atoms with Crippen LogP contribution in [0.1, 0.15) is 32.3 Å². The first-order valence-electron chi connectivity index (χ1n) is 9.52. The summed E-state index contributed by atoms with van der Waals surface area (Å²) in [7, 11) is 0. The second kappa shape index (κ2) is 9.52. The number of allylic oxidation sites excluding steroid dienone is 1. The van der Waals surface area contributed by atoms with Gasteiger partial charge in [-0.2, -0.15) is 0 Å². The highest BCUT2D eigenvalue weighted by molar-refractivity contribution is 8.00. The maximum atomic E-state index is 12.8. The molecule has 0 aliphatic heterocycles. The summed E-state index contributed by atoms with van der Waals surface area (Å²) in [5.74, 6) is 0.988. The van der Waals surface area contributed by atoms with Crippen LogP contribution < -0.4 is 5.32 Å². The monoisotopic (exact) mass is 407 g/mol. The van der Waals surface area contributed by atoms with Crippen LogP contribution in [-0.2, 0) is 11.3 Å². The first-order valence-corrected chi connectivity index (χ1v) is 10.4. The van der Waals surface area contributed by atoms with E-state index in [0.717, 1.165) is 22.6 Å². The molecule has 1 atom stereocenters. The number of carbonyl (C=O) groups is 1. The Morgan fingerprint density at radius 2 is 1.90 bits per heavy atom. The molecule has 0 bridgehead atoms. The topological polar surface area (TPSA) is 72.7 Å². The minimum absolute atomic E-state index is 0.0679. The molecule has 6 nitrogen and oxygen atoms in total. The fourth-order valence-corrected chi connectivity index (χ4v) is 3.80. The number of thioether (sulfide) groups is 1. The molecule has 0 fully saturated rings. The fraction of sp³-hybridized carbons (Fsp3) is 0.273. The van der Waals surface area contributed by atoms with Crippen molar-refractivity contribution in [3.05, 3.63) is 67.0 Å². The van der Waals surface area contributed by atoms with Gasteiger partial charge in [0.25, 0.3) is 0 Å². The number of carbonyl (C=O) groups excluding carboxylic acids is 1. The third kappa shape index (κ3) is 4.92. The van der Waals surface area contributed by atoms with Crippen LogP contribution in [0.15, 0.2) is 66.6 Å². The second-order valence-corrected chi connectivity index (χ2v) is 8.24. The molecule has 1 N–H and O–H groups in total. The van der Waals surface area contributed by atoms with Gasteiger partial charge in [0.15, 0.2) is 11.0 Å². The predicted octanol–water partition coefficient (Wildman–Crippen LogP) is 4.77. The molecule has 0 aliphatic rings. The minimum Gasteiger partial charge on any atom is -0.325 e. The van der Waals surface area contributed by atoms with Gasteiger partial charge in [0.2, 0.25) is 5.91 Å². The highest BCUT2D eigenvalue weighted by Gasteiger charge is 2.21. The van der Waals surface area contributed by atoms with Crippen molar-refractivity contribution in [2.75, 3.05) is 5.32 Å². The van der Waals surface area contributed by atoms with Crippen molar-refractivity contribution in [3.8, 4) is 11.4 Å². The summed E-state index contributed by atoms with van der Waals surface area (Å²) in [5.41, 5.74) is 2.89. The average molecular weight is 408 g/mol. The second-order valence-electron chi connectivity index (χ2n) is 6.93. The van der Waals surface area contributed by atoms with E-state index in [-0.39, 0.29) is 11.2 Å². The SMILES string of the molecule is C=CCn1c(S[C@H](C)C(=O)Nc2ccccc2C(C)C)nnc1-c1ccncc1. The molecule has 0 aliphatic carbocycles. The van der Waals surface area contributed by atoms with Crippen LogP contribution in [0.3, 0.4) is 0 Å². The number of amides is 1. The first-order chi connectivity index (χ1) is 14.0. The van der Waals surface area contributed by atoms with Crippen molar-refractivity contribution < 1.29 is 4.79 Å². The van der Waals surface area contributed by atoms with Gasteiger partial charge in [0.1, 0.15) is 0 Å². The summed E-state index contributed by atoms with van der Waals surface area (Å²) in [6.45, 7) is 10.5. The van der Waals surface area contributed by atoms with Crippen LogP contribution in [0.2, 0.25) is 0 Å². The van der Waals surface area contributed by atoms with Gasteiger partial charge in [-0.05, 0) is 36.6 Å². The Kier molecular flexibility index (Phi) is 6.82. The number of anilines is 1. The highest BCUT2D eigenvalue weighted by atomic mass is 32.2. The van der Waals surface area contributed by atoms with E-state index >= 15 is 0 Å². The summed E-state index contributed by atoms with van der Waals surface area (Å²) in [6, 6.07) is 11.7. The summed E-state index contributed by atoms with van der Waals surface area (Å²) in [5, 5.41) is 12.0. The molecule has 1 aromatic carbocycles. The number of para-hydroxylation sites is 1. The van der Waals surface area contributed by atoms with E-state index in [9.17, 15) is 4.79 Å². The van der Waals surface area contributed by atoms with Gasteiger partial charge in [-0.25, -0.2) is 0 Å². The number of hydrogen-bond donors (Lipinski definition) is 1. The van der Waals surface area contributed by atoms with Gasteiger partial charge >= 0.3 is 0 Å². The molecule has 3 aromatic rings. The van der Waals surface area contributed by atoms with Crippen molar-refractivity contribution in [3.63, 3.8) is 0 Å². The van der Waals surface area contributed by atoms with Crippen LogP contribution in [0.4, 0.5) is 5.69 Å². The number of hydrogen-bond acceptors (Lipinski definition) is 5. The third-order valence-electron chi connectivity index (χ3n) is 4.46. The Bertz CT molecular complexity index is 984. The zero-order valence-electron chi connectivity index (χ0n) is 16.9. The number of pyridine rings is 1. The highest BCUT2D eigenvalue weighted by Crippen LogP contribution is 2.29. The van der Waals surface area contributed by atoms with Crippen LogP contribution in [0.25, 0.3) is 11.4 Å². The molecule has 3 rings (SSSR count). The van der Waals surface area contributed by atoms with Crippen molar-refractivity contribution in [2.24, 2.45) is 0 Å². The normalized spacial score (nSPS) is 12.0. The molecule has 0 saturated heterocycles. The molecule has 2 heterocycles. The summed E-state index contributed by atoms with van der Waals surface area (Å²) < 4.78 is 1.96. The van der Waals surface area contributed by atoms with E-state index < -0.39 is 0 Å². The van der Waals surface area contributed by atoms with E-state index in [1.165, 1.54) is 11.8 Å². The standard InChI is InChI=1S/C22H25N5OS/c1-5-14-27-20(17-10-12-23-13-11-17)25-26-22(27)29-16(4)21(28)24-19-9-7-6-8-18(19)15(2)3/h5-13,15-16H,1,14H2,2-4H3,(H,24,28)/t16-/m1/s1. The molecule has 150 valence electrons. The van der Waals surface area contributed by atoms with Gasteiger partial charge in [0, 0.05) is 30.2 Å². The maximum Gasteiger partial charge on any atom is 0.237 e. The lowest BCUT2D eigenvalue weighted by atomic mass is 10.0. The number of nitrogens with zero attached hydrogens (tertiary/aromatic N) is 4. The Labute approximate surface area is 175 Å². The third-order valence-corrected chi connectivity index (χ3v) is 5.54. The van der Waals surface area contributed by atoms with Gasteiger partial charge in [-0.15, -0.1) is 16.8 Å². The molecule has 2 aromatic heterocycles. The van der Waals surface area contributed by atoms with Crippen molar-refractivity contribution in [2.45, 2.75) is 43.6 Å². The van der Waals surface area contributed by atoms with E-state index in [0.29, 0.717) is 17.6 Å². The lowest BCUT2D eigenvalue weighted by molar-refractivity contribution is -0.115. The molecule has 0 saturated carbocycles. The lowest BCUT2D eigenvalue weighted by Crippen LogP contribution is -2.23. The summed E-state index contributed by atoms with van der Waals surface area (Å²) in [4.78, 5) is 16.9. The molecule has 0 radical (unpaired) electrons. The largest absolute Gasteiger partial charge is 0.325 e. The van der Waals surface area contributed by atoms with Gasteiger partial charge in [-0.3, -0.25) is 14.3 Å². The Balaban J connectivity index is 1.78. The average Bonchev–Trinajstić information content (AvgIpc) is 3.11. The number of rotatable bonds is 8. The van der Waals surface area contributed by atoms with Gasteiger partial charge in [0.05, 0.1) is 5.25 Å². The number of nitrogens with one attached hydrogen (secondary N) is 1. The van der Waals surface area contributed by atoms with Gasteiger partial charge < -0.3 is 5.32 Å². The molecule has 1 amide bonds. The summed E-state index contributed by atoms with van der Waals surface area (Å²) in [6.07, 6.45) is 5.23. The zero-order chi connectivity index (χ0) is 20.8. The number of aromatic nitrogens is 4. The molecule has 29 heavy (non-hydrogen) atoms. The Morgan fingerprint density at radius 3 is 2.59 bits per heavy atom. The fourth-order valence-electron chi connectivity index (χ4n) is 2.94. The smallest absolute Gasteiger partial charge is 0.237 e. The van der Waals surface area contributed by atoms with Crippen molar-refractivity contribution >= 4 is 23.4 Å². The molecule has 0 spiro atoms. The van der Waals surface area contributed by atoms with Crippen LogP contribution >= 0.6 is 11.8 Å². The van der Waals surface area contributed by atoms with Crippen LogP contribution in [-0.4, -0.2) is 30.9 Å². The predicted molar refractivity (Wildman–Crippen MR) is 118 cm³/mol. The van der Waals surface area contributed by atoms with Crippen LogP contribution in [0, 0.1) is 0 Å². The Morgan fingerprint density at radius 1 is 1.17 bits per heavy atom. The van der Waals surface area contributed by atoms with E-state index in [1.807, 2.05) is 47.9 Å². The zero-order valence-corrected chi connectivity index (χ0v) is 17.7. The maximum absolute atomic E-state index is 12.8. The molecule has 7 heteroatoms. The summed E-state index contributed by atoms with van der Waals surface area (Å²) >= 11 is 1.38. The van der Waals surface area contributed by atoms with E-state index in [1.54, 1.807) is 18.5 Å². The van der Waals surface area contributed by atoms with Gasteiger partial charge in [-0.1, -0.05) is 49.9 Å². The van der Waals surface area contributed by atoms with E-state index in [4.69, 9.17) is 0 Å². The van der Waals surface area contributed by atoms with E-state index in [2.05, 4.69) is 40.9 Å². The molecular weight excluding hydrogens is 382 g/mol. The molecular formula is C22H25N5OS. The van der Waals surface area contributed by atoms with Crippen LogP contribution in [0.5, 0.6) is 0 Å². The minimum atomic E-state index is -0.340. The number of benzene rings is 1. The first kappa shape index (κ1) is 20.8. The van der Waals surface area contributed by atoms with Crippen molar-refractivity contribution in [1.29, 1.82) is 0 Å². The van der Waals surface area contributed by atoms with Crippen molar-refractivity contribution in [1.82, 2.24) is 19.7 Å². The quantitative estimate of drug-likeness (QED) is 0.430. The molecule has 0 unspecified atom stereocenters. The lowest BCUT2D eigenvalue weighted by Gasteiger charge is -2.16. The Hall–Kier alpha value is -2.93.